The largest absolute Gasteiger partial charge is 0.459 e. The molecule has 2 atom stereocenters. The molecule has 21 heavy (non-hydrogen) atoms. The quantitative estimate of drug-likeness (QED) is 0.857. The van der Waals surface area contributed by atoms with Crippen molar-refractivity contribution >= 4 is 11.8 Å². The first-order chi connectivity index (χ1) is 10.0. The lowest BCUT2D eigenvalue weighted by atomic mass is 9.74. The van der Waals surface area contributed by atoms with E-state index in [1.807, 2.05) is 19.0 Å². The fourth-order valence-electron chi connectivity index (χ4n) is 4.12. The zero-order valence-corrected chi connectivity index (χ0v) is 12.7. The molecule has 3 rings (SSSR count). The smallest absolute Gasteiger partial charge is 0.289 e. The van der Waals surface area contributed by atoms with Crippen LogP contribution in [0.5, 0.6) is 0 Å². The summed E-state index contributed by atoms with van der Waals surface area (Å²) in [4.78, 5) is 27.9. The molecule has 5 heteroatoms. The molecular weight excluding hydrogens is 268 g/mol. The summed E-state index contributed by atoms with van der Waals surface area (Å²) in [6.45, 7) is 0.689. The summed E-state index contributed by atoms with van der Waals surface area (Å²) in [7, 11) is 3.73. The van der Waals surface area contributed by atoms with Crippen molar-refractivity contribution in [3.05, 3.63) is 24.2 Å². The molecule has 1 aliphatic heterocycles. The first kappa shape index (κ1) is 14.2. The molecule has 0 bridgehead atoms. The van der Waals surface area contributed by atoms with E-state index in [0.29, 0.717) is 18.7 Å². The zero-order chi connectivity index (χ0) is 15.0. The Labute approximate surface area is 124 Å². The van der Waals surface area contributed by atoms with E-state index in [0.717, 1.165) is 25.7 Å². The van der Waals surface area contributed by atoms with E-state index in [2.05, 4.69) is 0 Å². The van der Waals surface area contributed by atoms with Gasteiger partial charge in [-0.2, -0.15) is 0 Å². The van der Waals surface area contributed by atoms with Crippen LogP contribution in [0.25, 0.3) is 0 Å². The molecule has 1 aromatic heterocycles. The van der Waals surface area contributed by atoms with Crippen molar-refractivity contribution in [2.24, 2.45) is 5.41 Å². The monoisotopic (exact) mass is 290 g/mol. The molecule has 2 fully saturated rings. The second-order valence-corrected chi connectivity index (χ2v) is 6.41. The summed E-state index contributed by atoms with van der Waals surface area (Å²) in [6, 6.07) is 3.69. The number of fused-ring (bicyclic) bond motifs is 1. The van der Waals surface area contributed by atoms with E-state index in [-0.39, 0.29) is 23.3 Å². The molecule has 5 nitrogen and oxygen atoms in total. The second-order valence-electron chi connectivity index (χ2n) is 6.41. The fraction of sp³-hybridized carbons (Fsp3) is 0.625. The highest BCUT2D eigenvalue weighted by Crippen LogP contribution is 2.48. The van der Waals surface area contributed by atoms with E-state index in [1.54, 1.807) is 17.0 Å². The van der Waals surface area contributed by atoms with Crippen molar-refractivity contribution < 1.29 is 14.0 Å². The van der Waals surface area contributed by atoms with Gasteiger partial charge in [-0.15, -0.1) is 0 Å². The Hall–Kier alpha value is -1.78. The minimum absolute atomic E-state index is 0.0552. The number of furan rings is 1. The molecule has 1 aliphatic carbocycles. The zero-order valence-electron chi connectivity index (χ0n) is 12.7. The molecule has 2 aliphatic rings. The predicted octanol–water partition coefficient (Wildman–Crippen LogP) is 2.14. The van der Waals surface area contributed by atoms with E-state index < -0.39 is 0 Å². The van der Waals surface area contributed by atoms with Crippen LogP contribution >= 0.6 is 0 Å². The Morgan fingerprint density at radius 3 is 3.05 bits per heavy atom. The highest BCUT2D eigenvalue weighted by molar-refractivity contribution is 5.91. The normalized spacial score (nSPS) is 28.6. The Balaban J connectivity index is 1.76. The number of likely N-dealkylation sites (tertiary alicyclic amines) is 1. The Morgan fingerprint density at radius 2 is 2.33 bits per heavy atom. The van der Waals surface area contributed by atoms with Gasteiger partial charge in [-0.25, -0.2) is 0 Å². The topological polar surface area (TPSA) is 53.8 Å². The number of hydrogen-bond acceptors (Lipinski definition) is 3. The maximum atomic E-state index is 12.4. The lowest BCUT2D eigenvalue weighted by Gasteiger charge is -2.46. The Kier molecular flexibility index (Phi) is 3.51. The first-order valence-corrected chi connectivity index (χ1v) is 7.58. The summed E-state index contributed by atoms with van der Waals surface area (Å²) in [5, 5.41) is 0. The number of rotatable bonds is 3. The van der Waals surface area contributed by atoms with E-state index >= 15 is 0 Å². The van der Waals surface area contributed by atoms with Crippen LogP contribution in [0.15, 0.2) is 22.8 Å². The van der Waals surface area contributed by atoms with Gasteiger partial charge in [0.05, 0.1) is 6.26 Å². The van der Waals surface area contributed by atoms with E-state index in [1.165, 1.54) is 6.26 Å². The average Bonchev–Trinajstić information content (AvgIpc) is 3.12. The van der Waals surface area contributed by atoms with Gasteiger partial charge in [-0.05, 0) is 31.4 Å². The molecule has 2 unspecified atom stereocenters. The van der Waals surface area contributed by atoms with Crippen molar-refractivity contribution in [3.8, 4) is 0 Å². The van der Waals surface area contributed by atoms with Crippen LogP contribution in [0, 0.1) is 5.41 Å². The minimum atomic E-state index is -0.0837. The van der Waals surface area contributed by atoms with Crippen LogP contribution in [-0.2, 0) is 4.79 Å². The predicted molar refractivity (Wildman–Crippen MR) is 77.7 cm³/mol. The van der Waals surface area contributed by atoms with E-state index in [4.69, 9.17) is 4.42 Å². The molecule has 0 N–H and O–H groups in total. The van der Waals surface area contributed by atoms with Gasteiger partial charge >= 0.3 is 0 Å². The van der Waals surface area contributed by atoms with Crippen LogP contribution in [0.4, 0.5) is 0 Å². The summed E-state index contributed by atoms with van der Waals surface area (Å²) < 4.78 is 5.20. The van der Waals surface area contributed by atoms with Crippen molar-refractivity contribution in [2.75, 3.05) is 20.6 Å². The first-order valence-electron chi connectivity index (χ1n) is 7.58. The molecule has 0 spiro atoms. The molecule has 1 aromatic rings. The van der Waals surface area contributed by atoms with Gasteiger partial charge in [0.25, 0.3) is 5.91 Å². The SMILES string of the molecule is CN(CC12CCCC1N(C)C(=O)CC2)C(=O)c1ccco1. The summed E-state index contributed by atoms with van der Waals surface area (Å²) in [5.41, 5.74) is 0.0552. The molecule has 114 valence electrons. The van der Waals surface area contributed by atoms with E-state index in [9.17, 15) is 9.59 Å². The third-order valence-corrected chi connectivity index (χ3v) is 5.19. The average molecular weight is 290 g/mol. The van der Waals surface area contributed by atoms with Crippen LogP contribution in [0.2, 0.25) is 0 Å². The molecule has 2 amide bonds. The fourth-order valence-corrected chi connectivity index (χ4v) is 4.12. The van der Waals surface area contributed by atoms with Gasteiger partial charge in [-0.3, -0.25) is 9.59 Å². The number of amides is 2. The molecular formula is C16H22N2O3. The number of nitrogens with zero attached hydrogens (tertiary/aromatic N) is 2. The van der Waals surface area contributed by atoms with Crippen LogP contribution < -0.4 is 0 Å². The van der Waals surface area contributed by atoms with Crippen molar-refractivity contribution in [1.29, 1.82) is 0 Å². The number of hydrogen-bond donors (Lipinski definition) is 0. The highest BCUT2D eigenvalue weighted by Gasteiger charge is 2.49. The summed E-state index contributed by atoms with van der Waals surface area (Å²) in [6.07, 6.45) is 6.26. The van der Waals surface area contributed by atoms with Gasteiger partial charge in [0.15, 0.2) is 5.76 Å². The van der Waals surface area contributed by atoms with Crippen molar-refractivity contribution in [1.82, 2.24) is 9.80 Å². The second kappa shape index (κ2) is 5.20. The molecule has 0 aromatic carbocycles. The van der Waals surface area contributed by atoms with Gasteiger partial charge in [0.1, 0.15) is 0 Å². The maximum absolute atomic E-state index is 12.4. The van der Waals surface area contributed by atoms with Crippen LogP contribution in [0.3, 0.4) is 0 Å². The highest BCUT2D eigenvalue weighted by atomic mass is 16.3. The Morgan fingerprint density at radius 1 is 1.52 bits per heavy atom. The summed E-state index contributed by atoms with van der Waals surface area (Å²) in [5.74, 6) is 0.529. The van der Waals surface area contributed by atoms with Gasteiger partial charge in [0, 0.05) is 38.5 Å². The lowest BCUT2D eigenvalue weighted by molar-refractivity contribution is -0.140. The number of carbonyl (C=O) groups is 2. The summed E-state index contributed by atoms with van der Waals surface area (Å²) >= 11 is 0. The van der Waals surface area contributed by atoms with Crippen LogP contribution in [0.1, 0.15) is 42.7 Å². The maximum Gasteiger partial charge on any atom is 0.289 e. The van der Waals surface area contributed by atoms with Crippen molar-refractivity contribution in [3.63, 3.8) is 0 Å². The third kappa shape index (κ3) is 2.34. The molecule has 1 saturated heterocycles. The molecule has 0 radical (unpaired) electrons. The number of carbonyl (C=O) groups excluding carboxylic acids is 2. The Bertz CT molecular complexity index is 540. The third-order valence-electron chi connectivity index (χ3n) is 5.19. The molecule has 1 saturated carbocycles. The standard InChI is InChI=1S/C16H22N2O3/c1-17(15(20)12-5-4-10-21-12)11-16-8-3-6-13(16)18(2)14(19)7-9-16/h4-5,10,13H,3,6-9,11H2,1-2H3. The van der Waals surface area contributed by atoms with Gasteiger partial charge in [0.2, 0.25) is 5.91 Å². The van der Waals surface area contributed by atoms with Gasteiger partial charge < -0.3 is 14.2 Å². The number of piperidine rings is 1. The van der Waals surface area contributed by atoms with Crippen LogP contribution in [-0.4, -0.2) is 48.3 Å². The molecule has 2 heterocycles. The minimum Gasteiger partial charge on any atom is -0.459 e. The lowest BCUT2D eigenvalue weighted by Crippen LogP contribution is -2.54. The van der Waals surface area contributed by atoms with Crippen molar-refractivity contribution in [2.45, 2.75) is 38.1 Å². The van der Waals surface area contributed by atoms with Gasteiger partial charge in [-0.1, -0.05) is 6.42 Å².